The highest BCUT2D eigenvalue weighted by Crippen LogP contribution is 2.37. The fraction of sp³-hybridized carbons (Fsp3) is 0.438. The molecule has 1 aliphatic rings. The van der Waals surface area contributed by atoms with Crippen LogP contribution in [0.2, 0.25) is 0 Å². The van der Waals surface area contributed by atoms with Crippen molar-refractivity contribution in [3.05, 3.63) is 40.2 Å². The van der Waals surface area contributed by atoms with E-state index in [0.29, 0.717) is 12.5 Å². The van der Waals surface area contributed by atoms with E-state index >= 15 is 0 Å². The molecule has 0 amide bonds. The van der Waals surface area contributed by atoms with Gasteiger partial charge in [0.05, 0.1) is 11.6 Å². The number of aliphatic hydroxyl groups is 1. The molecule has 0 saturated carbocycles. The van der Waals surface area contributed by atoms with Gasteiger partial charge in [-0.1, -0.05) is 0 Å². The number of H-pyrrole nitrogens is 1. The summed E-state index contributed by atoms with van der Waals surface area (Å²) in [7, 11) is 0. The van der Waals surface area contributed by atoms with E-state index in [1.165, 1.54) is 17.0 Å². The molecule has 0 aliphatic carbocycles. The van der Waals surface area contributed by atoms with Gasteiger partial charge in [-0.2, -0.15) is 26.3 Å². The van der Waals surface area contributed by atoms with Crippen molar-refractivity contribution in [3.63, 3.8) is 0 Å². The lowest BCUT2D eigenvalue weighted by atomic mass is 10.1. The quantitative estimate of drug-likeness (QED) is 0.785. The van der Waals surface area contributed by atoms with E-state index in [2.05, 4.69) is 4.98 Å². The van der Waals surface area contributed by atoms with E-state index in [4.69, 9.17) is 0 Å². The number of alkyl halides is 6. The van der Waals surface area contributed by atoms with Gasteiger partial charge in [0.25, 0.3) is 0 Å². The molecule has 1 aliphatic heterocycles. The summed E-state index contributed by atoms with van der Waals surface area (Å²) in [6.07, 6.45) is -11.8. The zero-order valence-electron chi connectivity index (χ0n) is 13.2. The van der Waals surface area contributed by atoms with Crippen molar-refractivity contribution < 1.29 is 31.4 Å². The number of hydrogen-bond donors (Lipinski definition) is 2. The highest BCUT2D eigenvalue weighted by molar-refractivity contribution is 5.86. The Morgan fingerprint density at radius 1 is 1.15 bits per heavy atom. The summed E-state index contributed by atoms with van der Waals surface area (Å²) in [6, 6.07) is 2.79. The van der Waals surface area contributed by atoms with Crippen LogP contribution in [0.15, 0.2) is 29.1 Å². The van der Waals surface area contributed by atoms with Crippen molar-refractivity contribution in [2.45, 2.75) is 37.3 Å². The van der Waals surface area contributed by atoms with Gasteiger partial charge in [-0.25, -0.2) is 0 Å². The molecule has 3 rings (SSSR count). The number of aromatic amines is 1. The Morgan fingerprint density at radius 2 is 1.85 bits per heavy atom. The van der Waals surface area contributed by atoms with Crippen LogP contribution in [-0.4, -0.2) is 35.0 Å². The first-order valence-electron chi connectivity index (χ1n) is 7.74. The summed E-state index contributed by atoms with van der Waals surface area (Å²) in [6.45, 7) is 0.175. The van der Waals surface area contributed by atoms with E-state index in [9.17, 15) is 36.2 Å². The lowest BCUT2D eigenvalue weighted by molar-refractivity contribution is -0.209. The minimum absolute atomic E-state index is 0.0659. The van der Waals surface area contributed by atoms with E-state index in [1.807, 2.05) is 0 Å². The summed E-state index contributed by atoms with van der Waals surface area (Å²) in [5.74, 6) is 0. The molecule has 26 heavy (non-hydrogen) atoms. The van der Waals surface area contributed by atoms with Crippen LogP contribution in [0.1, 0.15) is 18.4 Å². The highest BCUT2D eigenvalue weighted by Gasteiger charge is 2.47. The number of anilines is 1. The van der Waals surface area contributed by atoms with Gasteiger partial charge in [-0.15, -0.1) is 0 Å². The third kappa shape index (κ3) is 3.37. The summed E-state index contributed by atoms with van der Waals surface area (Å²) < 4.78 is 78.2. The van der Waals surface area contributed by atoms with Gasteiger partial charge in [0.1, 0.15) is 0 Å². The summed E-state index contributed by atoms with van der Waals surface area (Å²) in [4.78, 5) is 14.9. The minimum Gasteiger partial charge on any atom is -0.382 e. The van der Waals surface area contributed by atoms with Crippen LogP contribution in [-0.2, 0) is 6.18 Å². The van der Waals surface area contributed by atoms with Crippen LogP contribution in [0.5, 0.6) is 0 Å². The van der Waals surface area contributed by atoms with Gasteiger partial charge < -0.3 is 15.0 Å². The predicted octanol–water partition coefficient (Wildman–Crippen LogP) is 3.44. The Bertz CT molecular complexity index is 874. The Morgan fingerprint density at radius 3 is 2.46 bits per heavy atom. The molecule has 1 aromatic heterocycles. The van der Waals surface area contributed by atoms with Crippen molar-refractivity contribution >= 4 is 16.6 Å². The second kappa shape index (κ2) is 6.19. The Hall–Kier alpha value is -2.23. The highest BCUT2D eigenvalue weighted by atomic mass is 19.4. The number of benzene rings is 1. The van der Waals surface area contributed by atoms with Crippen LogP contribution in [0.4, 0.5) is 32.0 Å². The van der Waals surface area contributed by atoms with Gasteiger partial charge in [-0.3, -0.25) is 4.79 Å². The molecule has 10 heteroatoms. The molecule has 0 radical (unpaired) electrons. The van der Waals surface area contributed by atoms with Crippen molar-refractivity contribution in [3.8, 4) is 0 Å². The van der Waals surface area contributed by atoms with Crippen molar-refractivity contribution in [1.29, 1.82) is 0 Å². The predicted molar refractivity (Wildman–Crippen MR) is 82.0 cm³/mol. The third-order valence-corrected chi connectivity index (χ3v) is 4.46. The number of halogens is 6. The first kappa shape index (κ1) is 18.6. The van der Waals surface area contributed by atoms with Crippen LogP contribution in [0.3, 0.4) is 0 Å². The molecule has 1 saturated heterocycles. The average Bonchev–Trinajstić information content (AvgIpc) is 3.00. The lowest BCUT2D eigenvalue weighted by Gasteiger charge is -2.31. The number of nitrogens with zero attached hydrogens (tertiary/aromatic N) is 1. The first-order chi connectivity index (χ1) is 12.0. The molecular weight excluding hydrogens is 366 g/mol. The van der Waals surface area contributed by atoms with Gasteiger partial charge in [0.2, 0.25) is 5.56 Å². The Kier molecular flexibility index (Phi) is 4.41. The number of aliphatic hydroxyl groups excluding tert-OH is 1. The van der Waals surface area contributed by atoms with Gasteiger partial charge in [-0.05, 0) is 31.0 Å². The van der Waals surface area contributed by atoms with Crippen LogP contribution in [0.25, 0.3) is 10.9 Å². The second-order valence-electron chi connectivity index (χ2n) is 6.16. The van der Waals surface area contributed by atoms with Crippen molar-refractivity contribution in [1.82, 2.24) is 4.98 Å². The SMILES string of the molecule is O=c1cc(C(F)(F)F)c2cc(N3CCC[C@H]3[C@@H](O)C(F)(F)F)ccc2[nH]1. The van der Waals surface area contributed by atoms with Crippen molar-refractivity contribution in [2.24, 2.45) is 0 Å². The molecule has 0 spiro atoms. The molecule has 0 unspecified atom stereocenters. The fourth-order valence-corrected chi connectivity index (χ4v) is 3.31. The maximum atomic E-state index is 13.2. The number of rotatable bonds is 2. The standard InChI is InChI=1S/C16H14F6N2O2/c17-15(18,19)10-7-13(25)23-11-4-3-8(6-9(10)11)24-5-1-2-12(24)14(26)16(20,21)22/h3-4,6-7,12,14,26H,1-2,5H2,(H,23,25)/t12-,14+/m0/s1. The molecule has 2 heterocycles. The van der Waals surface area contributed by atoms with Crippen LogP contribution < -0.4 is 10.5 Å². The zero-order chi connectivity index (χ0) is 19.3. The first-order valence-corrected chi connectivity index (χ1v) is 7.74. The number of pyridine rings is 1. The molecular formula is C16H14F6N2O2. The van der Waals surface area contributed by atoms with Gasteiger partial charge in [0.15, 0.2) is 6.10 Å². The van der Waals surface area contributed by atoms with E-state index in [0.717, 1.165) is 6.07 Å². The molecule has 2 N–H and O–H groups in total. The molecule has 1 fully saturated rings. The Balaban J connectivity index is 2.09. The average molecular weight is 380 g/mol. The molecule has 142 valence electrons. The lowest BCUT2D eigenvalue weighted by Crippen LogP contribution is -2.47. The topological polar surface area (TPSA) is 56.3 Å². The van der Waals surface area contributed by atoms with Gasteiger partial charge in [0, 0.05) is 29.2 Å². The maximum Gasteiger partial charge on any atom is 0.417 e. The smallest absolute Gasteiger partial charge is 0.382 e. The minimum atomic E-state index is -4.83. The van der Waals surface area contributed by atoms with E-state index in [1.54, 1.807) is 0 Å². The monoisotopic (exact) mass is 380 g/mol. The summed E-state index contributed by atoms with van der Waals surface area (Å²) in [5.41, 5.74) is -2.03. The second-order valence-corrected chi connectivity index (χ2v) is 6.16. The van der Waals surface area contributed by atoms with Crippen molar-refractivity contribution in [2.75, 3.05) is 11.4 Å². The molecule has 2 aromatic rings. The largest absolute Gasteiger partial charge is 0.417 e. The van der Waals surface area contributed by atoms with E-state index < -0.39 is 35.6 Å². The molecule has 4 nitrogen and oxygen atoms in total. The Labute approximate surface area is 143 Å². The molecule has 1 aromatic carbocycles. The summed E-state index contributed by atoms with van der Waals surface area (Å²) >= 11 is 0. The summed E-state index contributed by atoms with van der Waals surface area (Å²) in [5, 5.41) is 9.24. The fourth-order valence-electron chi connectivity index (χ4n) is 3.31. The van der Waals surface area contributed by atoms with Crippen LogP contribution >= 0.6 is 0 Å². The van der Waals surface area contributed by atoms with Gasteiger partial charge >= 0.3 is 12.4 Å². The number of aromatic nitrogens is 1. The number of nitrogens with one attached hydrogen (secondary N) is 1. The van der Waals surface area contributed by atoms with E-state index in [-0.39, 0.29) is 29.6 Å². The number of hydrogen-bond acceptors (Lipinski definition) is 3. The van der Waals surface area contributed by atoms with Crippen LogP contribution in [0, 0.1) is 0 Å². The number of fused-ring (bicyclic) bond motifs is 1. The maximum absolute atomic E-state index is 13.2. The molecule has 2 atom stereocenters. The zero-order valence-corrected chi connectivity index (χ0v) is 13.2. The molecule has 0 bridgehead atoms. The normalized spacial score (nSPS) is 20.0. The third-order valence-electron chi connectivity index (χ3n) is 4.46.